The fraction of sp³-hybridized carbons (Fsp3) is 0.571. The SMILES string of the molecule is Cc1ccc(O[C@H](CO)C2OC[C@@H](O)C2C)cc1. The van der Waals surface area contributed by atoms with Crippen LogP contribution in [0.5, 0.6) is 5.75 Å². The number of aliphatic hydroxyl groups excluding tert-OH is 2. The third-order valence-corrected chi connectivity index (χ3v) is 3.44. The second-order valence-electron chi connectivity index (χ2n) is 4.88. The maximum atomic E-state index is 9.65. The quantitative estimate of drug-likeness (QED) is 0.843. The van der Waals surface area contributed by atoms with Crippen molar-refractivity contribution in [1.82, 2.24) is 0 Å². The Bertz CT molecular complexity index is 376. The maximum Gasteiger partial charge on any atom is 0.148 e. The molecule has 0 amide bonds. The van der Waals surface area contributed by atoms with Gasteiger partial charge in [-0.25, -0.2) is 0 Å². The van der Waals surface area contributed by atoms with Crippen molar-refractivity contribution in [2.24, 2.45) is 5.92 Å². The van der Waals surface area contributed by atoms with Crippen LogP contribution in [0.1, 0.15) is 12.5 Å². The molecule has 0 aliphatic carbocycles. The Morgan fingerprint density at radius 1 is 1.39 bits per heavy atom. The van der Waals surface area contributed by atoms with Gasteiger partial charge in [0.15, 0.2) is 0 Å². The van der Waals surface area contributed by atoms with Gasteiger partial charge in [-0.2, -0.15) is 0 Å². The summed E-state index contributed by atoms with van der Waals surface area (Å²) >= 11 is 0. The summed E-state index contributed by atoms with van der Waals surface area (Å²) in [5.74, 6) is 0.671. The molecule has 2 N–H and O–H groups in total. The highest BCUT2D eigenvalue weighted by molar-refractivity contribution is 5.26. The zero-order chi connectivity index (χ0) is 13.1. The van der Waals surface area contributed by atoms with Gasteiger partial charge in [0.25, 0.3) is 0 Å². The Morgan fingerprint density at radius 2 is 2.06 bits per heavy atom. The largest absolute Gasteiger partial charge is 0.485 e. The lowest BCUT2D eigenvalue weighted by molar-refractivity contribution is -0.0278. The maximum absolute atomic E-state index is 9.65. The van der Waals surface area contributed by atoms with Gasteiger partial charge in [-0.1, -0.05) is 24.6 Å². The molecule has 1 fully saturated rings. The van der Waals surface area contributed by atoms with Gasteiger partial charge in [0.2, 0.25) is 0 Å². The fourth-order valence-electron chi connectivity index (χ4n) is 2.18. The zero-order valence-electron chi connectivity index (χ0n) is 10.7. The highest BCUT2D eigenvalue weighted by atomic mass is 16.6. The normalized spacial score (nSPS) is 29.2. The molecular weight excluding hydrogens is 232 g/mol. The highest BCUT2D eigenvalue weighted by Gasteiger charge is 2.38. The van der Waals surface area contributed by atoms with Crippen LogP contribution in [0, 0.1) is 12.8 Å². The number of ether oxygens (including phenoxy) is 2. The second-order valence-corrected chi connectivity index (χ2v) is 4.88. The van der Waals surface area contributed by atoms with Crippen molar-refractivity contribution in [2.75, 3.05) is 13.2 Å². The summed E-state index contributed by atoms with van der Waals surface area (Å²) in [6.45, 7) is 4.09. The first-order chi connectivity index (χ1) is 8.61. The van der Waals surface area contributed by atoms with E-state index in [0.29, 0.717) is 12.4 Å². The molecule has 1 aromatic rings. The van der Waals surface area contributed by atoms with Gasteiger partial charge in [0.1, 0.15) is 18.0 Å². The molecule has 1 saturated heterocycles. The van der Waals surface area contributed by atoms with E-state index in [9.17, 15) is 10.2 Å². The second kappa shape index (κ2) is 5.69. The van der Waals surface area contributed by atoms with Crippen LogP contribution < -0.4 is 4.74 Å². The Kier molecular flexibility index (Phi) is 4.22. The van der Waals surface area contributed by atoms with Crippen molar-refractivity contribution in [1.29, 1.82) is 0 Å². The van der Waals surface area contributed by atoms with Crippen LogP contribution in [0.25, 0.3) is 0 Å². The molecule has 1 aliphatic rings. The summed E-state index contributed by atoms with van der Waals surface area (Å²) in [5, 5.41) is 19.1. The van der Waals surface area contributed by atoms with Crippen LogP contribution in [0.3, 0.4) is 0 Å². The third-order valence-electron chi connectivity index (χ3n) is 3.44. The van der Waals surface area contributed by atoms with E-state index in [1.807, 2.05) is 38.1 Å². The number of hydrogen-bond acceptors (Lipinski definition) is 4. The summed E-state index contributed by atoms with van der Waals surface area (Å²) in [4.78, 5) is 0. The van der Waals surface area contributed by atoms with Crippen molar-refractivity contribution in [2.45, 2.75) is 32.2 Å². The van der Waals surface area contributed by atoms with Gasteiger partial charge in [-0.3, -0.25) is 0 Å². The molecule has 0 radical (unpaired) electrons. The molecule has 1 aromatic carbocycles. The summed E-state index contributed by atoms with van der Waals surface area (Å²) in [6, 6.07) is 7.65. The first-order valence-corrected chi connectivity index (χ1v) is 6.25. The van der Waals surface area contributed by atoms with Crippen LogP contribution >= 0.6 is 0 Å². The standard InChI is InChI=1S/C14H20O4/c1-9-3-5-11(6-4-9)18-13(7-15)14-10(2)12(16)8-17-14/h3-6,10,12-16H,7-8H2,1-2H3/t10?,12-,13-,14?/m1/s1. The number of aliphatic hydroxyl groups is 2. The number of benzene rings is 1. The Labute approximate surface area is 107 Å². The Balaban J connectivity index is 2.03. The highest BCUT2D eigenvalue weighted by Crippen LogP contribution is 2.26. The van der Waals surface area contributed by atoms with E-state index in [-0.39, 0.29) is 18.6 Å². The zero-order valence-corrected chi connectivity index (χ0v) is 10.7. The van der Waals surface area contributed by atoms with Gasteiger partial charge < -0.3 is 19.7 Å². The predicted molar refractivity (Wildman–Crippen MR) is 67.6 cm³/mol. The summed E-state index contributed by atoms with van der Waals surface area (Å²) < 4.78 is 11.2. The first kappa shape index (κ1) is 13.3. The van der Waals surface area contributed by atoms with E-state index in [1.165, 1.54) is 0 Å². The minimum absolute atomic E-state index is 0.0346. The number of rotatable bonds is 4. The Hall–Kier alpha value is -1.10. The smallest absolute Gasteiger partial charge is 0.148 e. The van der Waals surface area contributed by atoms with Gasteiger partial charge in [-0.05, 0) is 19.1 Å². The molecule has 2 unspecified atom stereocenters. The molecule has 0 bridgehead atoms. The number of hydrogen-bond donors (Lipinski definition) is 2. The van der Waals surface area contributed by atoms with Gasteiger partial charge in [0.05, 0.1) is 19.3 Å². The lowest BCUT2D eigenvalue weighted by Gasteiger charge is -2.25. The molecule has 4 atom stereocenters. The van der Waals surface area contributed by atoms with Crippen LogP contribution in [-0.2, 0) is 4.74 Å². The van der Waals surface area contributed by atoms with Crippen LogP contribution in [0.4, 0.5) is 0 Å². The van der Waals surface area contributed by atoms with Crippen molar-refractivity contribution in [3.8, 4) is 5.75 Å². The van der Waals surface area contributed by atoms with Crippen molar-refractivity contribution >= 4 is 0 Å². The molecule has 18 heavy (non-hydrogen) atoms. The van der Waals surface area contributed by atoms with Crippen LogP contribution in [0.2, 0.25) is 0 Å². The minimum Gasteiger partial charge on any atom is -0.485 e. The lowest BCUT2D eigenvalue weighted by atomic mass is 9.97. The Morgan fingerprint density at radius 3 is 2.56 bits per heavy atom. The molecule has 0 aromatic heterocycles. The third kappa shape index (κ3) is 2.83. The topological polar surface area (TPSA) is 58.9 Å². The van der Waals surface area contributed by atoms with E-state index in [4.69, 9.17) is 9.47 Å². The molecular formula is C14H20O4. The molecule has 1 heterocycles. The van der Waals surface area contributed by atoms with E-state index in [2.05, 4.69) is 0 Å². The first-order valence-electron chi connectivity index (χ1n) is 6.25. The van der Waals surface area contributed by atoms with Crippen molar-refractivity contribution < 1.29 is 19.7 Å². The summed E-state index contributed by atoms with van der Waals surface area (Å²) in [5.41, 5.74) is 1.16. The minimum atomic E-state index is -0.481. The number of aryl methyl sites for hydroxylation is 1. The molecule has 0 saturated carbocycles. The van der Waals surface area contributed by atoms with Gasteiger partial charge in [-0.15, -0.1) is 0 Å². The molecule has 2 rings (SSSR count). The molecule has 100 valence electrons. The summed E-state index contributed by atoms with van der Waals surface area (Å²) in [6.07, 6.45) is -1.20. The fourth-order valence-corrected chi connectivity index (χ4v) is 2.18. The molecule has 1 aliphatic heterocycles. The van der Waals surface area contributed by atoms with Crippen LogP contribution in [0.15, 0.2) is 24.3 Å². The van der Waals surface area contributed by atoms with Crippen molar-refractivity contribution in [3.05, 3.63) is 29.8 Å². The lowest BCUT2D eigenvalue weighted by Crippen LogP contribution is -2.39. The van der Waals surface area contributed by atoms with E-state index < -0.39 is 12.2 Å². The molecule has 4 heteroatoms. The van der Waals surface area contributed by atoms with Gasteiger partial charge >= 0.3 is 0 Å². The summed E-state index contributed by atoms with van der Waals surface area (Å²) in [7, 11) is 0. The van der Waals surface area contributed by atoms with E-state index in [0.717, 1.165) is 5.56 Å². The monoisotopic (exact) mass is 252 g/mol. The van der Waals surface area contributed by atoms with E-state index >= 15 is 0 Å². The molecule has 4 nitrogen and oxygen atoms in total. The molecule has 0 spiro atoms. The van der Waals surface area contributed by atoms with E-state index in [1.54, 1.807) is 0 Å². The van der Waals surface area contributed by atoms with Crippen molar-refractivity contribution in [3.63, 3.8) is 0 Å². The van der Waals surface area contributed by atoms with Crippen LogP contribution in [-0.4, -0.2) is 41.7 Å². The average Bonchev–Trinajstić information content (AvgIpc) is 2.70. The van der Waals surface area contributed by atoms with Gasteiger partial charge in [0, 0.05) is 5.92 Å². The average molecular weight is 252 g/mol. The predicted octanol–water partition coefficient (Wildman–Crippen LogP) is 1.13.